The van der Waals surface area contributed by atoms with Crippen LogP contribution in [-0.2, 0) is 0 Å². The summed E-state index contributed by atoms with van der Waals surface area (Å²) in [7, 11) is 0. The molecular formula is C6H9N7O2S. The number of aromatic nitrogens is 4. The topological polar surface area (TPSA) is 159 Å². The Morgan fingerprint density at radius 2 is 2.25 bits per heavy atom. The minimum atomic E-state index is -0.940. The zero-order valence-corrected chi connectivity index (χ0v) is 8.71. The lowest BCUT2D eigenvalue weighted by atomic mass is 10.6. The van der Waals surface area contributed by atoms with Crippen molar-refractivity contribution in [1.82, 2.24) is 25.4 Å². The van der Waals surface area contributed by atoms with Crippen LogP contribution in [0.4, 0.5) is 10.7 Å². The van der Waals surface area contributed by atoms with Crippen LogP contribution in [0.3, 0.4) is 0 Å². The maximum atomic E-state index is 9.23. The molecule has 86 valence electrons. The number of aromatic amines is 2. The van der Waals surface area contributed by atoms with E-state index < -0.39 is 6.03 Å². The van der Waals surface area contributed by atoms with E-state index in [-0.39, 0.29) is 5.95 Å². The van der Waals surface area contributed by atoms with Gasteiger partial charge in [-0.05, 0) is 0 Å². The summed E-state index contributed by atoms with van der Waals surface area (Å²) in [4.78, 5) is 22.6. The number of carbonyl (C=O) groups is 1. The van der Waals surface area contributed by atoms with E-state index in [4.69, 9.17) is 23.2 Å². The number of hydrogen-bond donors (Lipinski definition) is 6. The molecule has 9 nitrogen and oxygen atoms in total. The van der Waals surface area contributed by atoms with Crippen molar-refractivity contribution in [2.75, 3.05) is 5.73 Å². The van der Waals surface area contributed by atoms with Crippen molar-refractivity contribution in [3.63, 3.8) is 0 Å². The number of hydrogen-bond acceptors (Lipinski definition) is 6. The second-order valence-corrected chi connectivity index (χ2v) is 2.94. The van der Waals surface area contributed by atoms with Gasteiger partial charge in [0, 0.05) is 0 Å². The lowest BCUT2D eigenvalue weighted by Crippen LogP contribution is -2.25. The third-order valence-electron chi connectivity index (χ3n) is 1.42. The Balaban J connectivity index is 0.000000221. The molecule has 0 aromatic carbocycles. The molecule has 16 heavy (non-hydrogen) atoms. The zero-order chi connectivity index (χ0) is 12.1. The molecule has 0 aliphatic carbocycles. The van der Waals surface area contributed by atoms with Gasteiger partial charge < -0.3 is 21.4 Å². The predicted molar refractivity (Wildman–Crippen MR) is 58.0 cm³/mol. The van der Waals surface area contributed by atoms with E-state index in [1.165, 1.54) is 11.8 Å². The van der Waals surface area contributed by atoms with Crippen LogP contribution in [0.5, 0.6) is 0 Å². The molecule has 2 aromatic heterocycles. The van der Waals surface area contributed by atoms with E-state index in [0.29, 0.717) is 15.8 Å². The largest absolute Gasteiger partial charge is 0.369 e. The van der Waals surface area contributed by atoms with E-state index >= 15 is 0 Å². The number of rotatable bonds is 0. The van der Waals surface area contributed by atoms with Gasteiger partial charge in [0.05, 0.1) is 6.33 Å². The highest BCUT2D eigenvalue weighted by atomic mass is 32.1. The minimum Gasteiger partial charge on any atom is -0.369 e. The number of primary amides is 1. The number of fused-ring (bicyclic) bond motifs is 1. The lowest BCUT2D eigenvalue weighted by molar-refractivity contribution is 0.169. The first kappa shape index (κ1) is 11.9. The van der Waals surface area contributed by atoms with Crippen LogP contribution >= 0.6 is 12.2 Å². The van der Waals surface area contributed by atoms with Gasteiger partial charge in [0.15, 0.2) is 5.65 Å². The number of imidazole rings is 1. The molecule has 0 spiro atoms. The molecule has 2 rings (SSSR count). The molecular weight excluding hydrogens is 234 g/mol. The summed E-state index contributed by atoms with van der Waals surface area (Å²) in [6.45, 7) is 0. The molecule has 0 bridgehead atoms. The number of carbonyl (C=O) groups excluding carboxylic acids is 1. The maximum absolute atomic E-state index is 9.23. The first-order valence-corrected chi connectivity index (χ1v) is 4.34. The number of H-pyrrole nitrogens is 2. The van der Waals surface area contributed by atoms with Gasteiger partial charge in [-0.3, -0.25) is 5.21 Å². The molecule has 0 saturated carbocycles. The zero-order valence-electron chi connectivity index (χ0n) is 7.89. The van der Waals surface area contributed by atoms with Crippen molar-refractivity contribution in [2.45, 2.75) is 0 Å². The van der Waals surface area contributed by atoms with Gasteiger partial charge in [-0.2, -0.15) is 4.98 Å². The second kappa shape index (κ2) is 5.04. The number of nitrogens with one attached hydrogen (secondary N) is 3. The highest BCUT2D eigenvalue weighted by Crippen LogP contribution is 2.06. The highest BCUT2D eigenvalue weighted by molar-refractivity contribution is 7.71. The number of nitrogens with two attached hydrogens (primary N) is 2. The van der Waals surface area contributed by atoms with Crippen LogP contribution in [0, 0.1) is 4.64 Å². The van der Waals surface area contributed by atoms with Crippen molar-refractivity contribution < 1.29 is 10.0 Å². The number of nitrogen functional groups attached to an aromatic ring is 1. The molecule has 0 aliphatic heterocycles. The SMILES string of the molecule is NC(=O)NO.Nc1nc2nc[nH]c2c(=S)[nH]1. The van der Waals surface area contributed by atoms with Gasteiger partial charge >= 0.3 is 6.03 Å². The first-order chi connectivity index (χ1) is 7.54. The fraction of sp³-hybridized carbons (Fsp3) is 0. The average Bonchev–Trinajstić information content (AvgIpc) is 2.66. The summed E-state index contributed by atoms with van der Waals surface area (Å²) in [6.07, 6.45) is 1.53. The summed E-state index contributed by atoms with van der Waals surface area (Å²) >= 11 is 4.95. The van der Waals surface area contributed by atoms with Gasteiger partial charge in [-0.25, -0.2) is 15.3 Å². The maximum Gasteiger partial charge on any atom is 0.335 e. The Kier molecular flexibility index (Phi) is 3.74. The predicted octanol–water partition coefficient (Wildman–Crippen LogP) is -0.358. The molecule has 0 fully saturated rings. The third kappa shape index (κ3) is 2.90. The highest BCUT2D eigenvalue weighted by Gasteiger charge is 1.99. The summed E-state index contributed by atoms with van der Waals surface area (Å²) in [5.74, 6) is 0.287. The third-order valence-corrected chi connectivity index (χ3v) is 1.73. The van der Waals surface area contributed by atoms with Crippen molar-refractivity contribution >= 4 is 35.4 Å². The van der Waals surface area contributed by atoms with Crippen LogP contribution < -0.4 is 16.9 Å². The molecule has 2 heterocycles. The van der Waals surface area contributed by atoms with Crippen LogP contribution in [-0.4, -0.2) is 31.2 Å². The Hall–Kier alpha value is -2.20. The summed E-state index contributed by atoms with van der Waals surface area (Å²) in [5.41, 5.74) is 12.1. The monoisotopic (exact) mass is 243 g/mol. The number of hydroxylamine groups is 1. The average molecular weight is 243 g/mol. The Labute approximate surface area is 93.9 Å². The normalized spacial score (nSPS) is 9.31. The molecule has 0 atom stereocenters. The van der Waals surface area contributed by atoms with E-state index in [0.717, 1.165) is 0 Å². The van der Waals surface area contributed by atoms with Crippen molar-refractivity contribution in [3.8, 4) is 0 Å². The second-order valence-electron chi connectivity index (χ2n) is 2.53. The molecule has 0 aliphatic rings. The fourth-order valence-electron chi connectivity index (χ4n) is 0.860. The van der Waals surface area contributed by atoms with Crippen molar-refractivity contribution in [2.24, 2.45) is 5.73 Å². The molecule has 8 N–H and O–H groups in total. The van der Waals surface area contributed by atoms with E-state index in [2.05, 4.69) is 25.7 Å². The van der Waals surface area contributed by atoms with E-state index in [9.17, 15) is 4.79 Å². The van der Waals surface area contributed by atoms with Gasteiger partial charge in [0.25, 0.3) is 0 Å². The van der Waals surface area contributed by atoms with Crippen molar-refractivity contribution in [3.05, 3.63) is 11.0 Å². The quantitative estimate of drug-likeness (QED) is 0.210. The number of anilines is 1. The Morgan fingerprint density at radius 3 is 2.81 bits per heavy atom. The smallest absolute Gasteiger partial charge is 0.335 e. The summed E-state index contributed by atoms with van der Waals surface area (Å²) in [5, 5.41) is 7.42. The van der Waals surface area contributed by atoms with Gasteiger partial charge in [-0.15, -0.1) is 0 Å². The molecule has 2 amide bonds. The van der Waals surface area contributed by atoms with Crippen LogP contribution in [0.15, 0.2) is 6.33 Å². The van der Waals surface area contributed by atoms with Crippen LogP contribution in [0.1, 0.15) is 0 Å². The molecule has 0 unspecified atom stereocenters. The molecule has 0 radical (unpaired) electrons. The van der Waals surface area contributed by atoms with Crippen LogP contribution in [0.25, 0.3) is 11.2 Å². The fourth-order valence-corrected chi connectivity index (χ4v) is 1.11. The van der Waals surface area contributed by atoms with Crippen molar-refractivity contribution in [1.29, 1.82) is 0 Å². The number of urea groups is 1. The van der Waals surface area contributed by atoms with Gasteiger partial charge in [0.1, 0.15) is 10.2 Å². The van der Waals surface area contributed by atoms with E-state index in [1.54, 1.807) is 0 Å². The molecule has 0 saturated heterocycles. The standard InChI is InChI=1S/C5H5N5S.CH4N2O2/c6-5-9-3-2(4(11)10-5)7-1-8-3;2-1(4)3-5/h1H,(H4,6,7,8,9,10,11);5H,(H3,2,3,4). The van der Waals surface area contributed by atoms with E-state index in [1.807, 2.05) is 0 Å². The first-order valence-electron chi connectivity index (χ1n) is 3.93. The summed E-state index contributed by atoms with van der Waals surface area (Å²) in [6, 6.07) is -0.940. The summed E-state index contributed by atoms with van der Waals surface area (Å²) < 4.78 is 0.532. The Bertz CT molecular complexity index is 547. The molecule has 2 aromatic rings. The Morgan fingerprint density at radius 1 is 1.62 bits per heavy atom. The van der Waals surface area contributed by atoms with Crippen LogP contribution in [0.2, 0.25) is 0 Å². The molecule has 10 heteroatoms. The van der Waals surface area contributed by atoms with Gasteiger partial charge in [-0.1, -0.05) is 12.2 Å². The number of nitrogens with zero attached hydrogens (tertiary/aromatic N) is 2. The number of amides is 2. The minimum absolute atomic E-state index is 0.287. The lowest BCUT2D eigenvalue weighted by Gasteiger charge is -1.91. The van der Waals surface area contributed by atoms with Gasteiger partial charge in [0.2, 0.25) is 5.95 Å².